The quantitative estimate of drug-likeness (QED) is 0.672. The van der Waals surface area contributed by atoms with E-state index in [4.69, 9.17) is 0 Å². The molecule has 1 aliphatic heterocycles. The molecular weight excluding hydrogens is 185 g/mol. The van der Waals surface area contributed by atoms with Gasteiger partial charge in [-0.1, -0.05) is 0 Å². The number of rotatable bonds is 2. The summed E-state index contributed by atoms with van der Waals surface area (Å²) in [7, 11) is 0. The summed E-state index contributed by atoms with van der Waals surface area (Å²) in [6, 6.07) is -0.442. The van der Waals surface area contributed by atoms with Crippen LogP contribution in [0.3, 0.4) is 0 Å². The molecule has 0 aromatic heterocycles. The molecule has 1 fully saturated rings. The van der Waals surface area contributed by atoms with E-state index < -0.39 is 24.7 Å². The molecule has 1 atom stereocenters. The van der Waals surface area contributed by atoms with Crippen LogP contribution in [0.25, 0.3) is 0 Å². The van der Waals surface area contributed by atoms with Crippen molar-refractivity contribution in [1.29, 1.82) is 0 Å². The summed E-state index contributed by atoms with van der Waals surface area (Å²) in [6.07, 6.45) is -2.87. The molecule has 0 aromatic carbocycles. The smallest absolute Gasteiger partial charge is 0.346 e. The van der Waals surface area contributed by atoms with Crippen molar-refractivity contribution in [2.75, 3.05) is 13.1 Å². The van der Waals surface area contributed by atoms with E-state index >= 15 is 0 Å². The zero-order valence-electron chi connectivity index (χ0n) is 6.95. The average molecular weight is 196 g/mol. The molecule has 0 aliphatic carbocycles. The molecule has 0 bridgehead atoms. The third kappa shape index (κ3) is 3.63. The van der Waals surface area contributed by atoms with Crippen LogP contribution in [0, 0.1) is 0 Å². The molecule has 1 rings (SSSR count). The summed E-state index contributed by atoms with van der Waals surface area (Å²) in [5.41, 5.74) is 0. The first-order valence-corrected chi connectivity index (χ1v) is 4.07. The van der Waals surface area contributed by atoms with E-state index in [0.717, 1.165) is 6.42 Å². The van der Waals surface area contributed by atoms with Gasteiger partial charge in [0.15, 0.2) is 0 Å². The topological polar surface area (TPSA) is 41.1 Å². The van der Waals surface area contributed by atoms with Gasteiger partial charge in [0, 0.05) is 0 Å². The fraction of sp³-hybridized carbons (Fsp3) is 0.857. The maximum Gasteiger partial charge on any atom is 0.405 e. The molecule has 1 heterocycles. The zero-order valence-corrected chi connectivity index (χ0v) is 6.95. The van der Waals surface area contributed by atoms with Crippen molar-refractivity contribution < 1.29 is 18.0 Å². The first-order chi connectivity index (χ1) is 5.99. The second-order valence-electron chi connectivity index (χ2n) is 2.98. The standard InChI is InChI=1S/C7H11F3N2O/c8-7(9,10)4-12-6(13)5-2-1-3-11-5/h5,11H,1-4H2,(H,12,13)/t5-/m1/s1. The van der Waals surface area contributed by atoms with Gasteiger partial charge in [0.1, 0.15) is 6.54 Å². The fourth-order valence-electron chi connectivity index (χ4n) is 1.22. The Hall–Kier alpha value is -0.780. The van der Waals surface area contributed by atoms with E-state index in [9.17, 15) is 18.0 Å². The molecule has 2 N–H and O–H groups in total. The molecule has 0 unspecified atom stereocenters. The Bertz CT molecular complexity index is 187. The van der Waals surface area contributed by atoms with Crippen molar-refractivity contribution in [2.24, 2.45) is 0 Å². The summed E-state index contributed by atoms with van der Waals surface area (Å²) >= 11 is 0. The van der Waals surface area contributed by atoms with Crippen LogP contribution >= 0.6 is 0 Å². The molecule has 76 valence electrons. The van der Waals surface area contributed by atoms with Gasteiger partial charge in [0.2, 0.25) is 5.91 Å². The molecule has 3 nitrogen and oxygen atoms in total. The van der Waals surface area contributed by atoms with Gasteiger partial charge in [0.25, 0.3) is 0 Å². The second-order valence-corrected chi connectivity index (χ2v) is 2.98. The van der Waals surface area contributed by atoms with Gasteiger partial charge in [-0.05, 0) is 19.4 Å². The van der Waals surface area contributed by atoms with Gasteiger partial charge in [-0.3, -0.25) is 4.79 Å². The Balaban J connectivity index is 2.25. The highest BCUT2D eigenvalue weighted by molar-refractivity contribution is 5.82. The summed E-state index contributed by atoms with van der Waals surface area (Å²) in [4.78, 5) is 11.0. The second kappa shape index (κ2) is 3.95. The van der Waals surface area contributed by atoms with Crippen LogP contribution in [0.2, 0.25) is 0 Å². The van der Waals surface area contributed by atoms with E-state index in [-0.39, 0.29) is 0 Å². The lowest BCUT2D eigenvalue weighted by Crippen LogP contribution is -2.43. The highest BCUT2D eigenvalue weighted by Crippen LogP contribution is 2.12. The van der Waals surface area contributed by atoms with Gasteiger partial charge in [0.05, 0.1) is 6.04 Å². The van der Waals surface area contributed by atoms with E-state index in [2.05, 4.69) is 5.32 Å². The summed E-state index contributed by atoms with van der Waals surface area (Å²) in [5.74, 6) is -0.560. The van der Waals surface area contributed by atoms with E-state index in [1.165, 1.54) is 0 Å². The number of hydrogen-bond donors (Lipinski definition) is 2. The van der Waals surface area contributed by atoms with Crippen molar-refractivity contribution >= 4 is 5.91 Å². The minimum absolute atomic E-state index is 0.442. The highest BCUT2D eigenvalue weighted by Gasteiger charge is 2.30. The minimum Gasteiger partial charge on any atom is -0.346 e. The first-order valence-electron chi connectivity index (χ1n) is 4.07. The maximum absolute atomic E-state index is 11.7. The van der Waals surface area contributed by atoms with Gasteiger partial charge < -0.3 is 10.6 Å². The summed E-state index contributed by atoms with van der Waals surface area (Å²) in [5, 5.41) is 4.65. The Morgan fingerprint density at radius 3 is 2.69 bits per heavy atom. The molecule has 0 saturated carbocycles. The lowest BCUT2D eigenvalue weighted by atomic mass is 10.2. The third-order valence-electron chi connectivity index (χ3n) is 1.84. The number of nitrogens with one attached hydrogen (secondary N) is 2. The van der Waals surface area contributed by atoms with Gasteiger partial charge >= 0.3 is 6.18 Å². The predicted molar refractivity (Wildman–Crippen MR) is 40.1 cm³/mol. The maximum atomic E-state index is 11.7. The van der Waals surface area contributed by atoms with Crippen LogP contribution in [0.1, 0.15) is 12.8 Å². The van der Waals surface area contributed by atoms with E-state index in [1.807, 2.05) is 5.32 Å². The van der Waals surface area contributed by atoms with Crippen LogP contribution in [-0.2, 0) is 4.79 Å². The van der Waals surface area contributed by atoms with Gasteiger partial charge in [-0.25, -0.2) is 0 Å². The summed E-state index contributed by atoms with van der Waals surface area (Å²) < 4.78 is 35.0. The van der Waals surface area contributed by atoms with Crippen LogP contribution in [0.15, 0.2) is 0 Å². The Morgan fingerprint density at radius 1 is 1.54 bits per heavy atom. The van der Waals surface area contributed by atoms with Crippen molar-refractivity contribution in [3.63, 3.8) is 0 Å². The number of amides is 1. The van der Waals surface area contributed by atoms with Crippen LogP contribution in [0.5, 0.6) is 0 Å². The molecular formula is C7H11F3N2O. The normalized spacial score (nSPS) is 23.2. The Kier molecular flexibility index (Phi) is 3.13. The SMILES string of the molecule is O=C(NCC(F)(F)F)[C@H]1CCCN1. The number of halogens is 3. The Labute approximate surface area is 73.7 Å². The molecule has 1 aliphatic rings. The molecule has 1 amide bonds. The number of hydrogen-bond acceptors (Lipinski definition) is 2. The monoisotopic (exact) mass is 196 g/mol. The van der Waals surface area contributed by atoms with Crippen LogP contribution in [0.4, 0.5) is 13.2 Å². The molecule has 13 heavy (non-hydrogen) atoms. The number of carbonyl (C=O) groups is 1. The number of alkyl halides is 3. The predicted octanol–water partition coefficient (Wildman–Crippen LogP) is 0.417. The average Bonchev–Trinajstić information content (AvgIpc) is 2.50. The largest absolute Gasteiger partial charge is 0.405 e. The molecule has 0 spiro atoms. The van der Waals surface area contributed by atoms with Crippen LogP contribution in [-0.4, -0.2) is 31.2 Å². The molecule has 0 aromatic rings. The molecule has 0 radical (unpaired) electrons. The third-order valence-corrected chi connectivity index (χ3v) is 1.84. The summed E-state index contributed by atoms with van der Waals surface area (Å²) in [6.45, 7) is -0.548. The fourth-order valence-corrected chi connectivity index (χ4v) is 1.22. The van der Waals surface area contributed by atoms with Gasteiger partial charge in [-0.2, -0.15) is 13.2 Å². The van der Waals surface area contributed by atoms with Crippen LogP contribution < -0.4 is 10.6 Å². The minimum atomic E-state index is -4.33. The highest BCUT2D eigenvalue weighted by atomic mass is 19.4. The first kappa shape index (κ1) is 10.3. The Morgan fingerprint density at radius 2 is 2.23 bits per heavy atom. The molecule has 1 saturated heterocycles. The van der Waals surface area contributed by atoms with Crippen molar-refractivity contribution in [1.82, 2.24) is 10.6 Å². The van der Waals surface area contributed by atoms with E-state index in [1.54, 1.807) is 0 Å². The van der Waals surface area contributed by atoms with Gasteiger partial charge in [-0.15, -0.1) is 0 Å². The lowest BCUT2D eigenvalue weighted by molar-refractivity contribution is -0.139. The van der Waals surface area contributed by atoms with Crippen molar-refractivity contribution in [3.05, 3.63) is 0 Å². The van der Waals surface area contributed by atoms with E-state index in [0.29, 0.717) is 13.0 Å². The zero-order chi connectivity index (χ0) is 9.90. The number of carbonyl (C=O) groups excluding carboxylic acids is 1. The lowest BCUT2D eigenvalue weighted by Gasteiger charge is -2.12. The van der Waals surface area contributed by atoms with Crippen molar-refractivity contribution in [3.8, 4) is 0 Å². The molecule has 6 heteroatoms. The van der Waals surface area contributed by atoms with Crippen molar-refractivity contribution in [2.45, 2.75) is 25.1 Å².